The summed E-state index contributed by atoms with van der Waals surface area (Å²) in [5.74, 6) is 1.47. The molecular formula is C10H19N5S. The van der Waals surface area contributed by atoms with E-state index in [1.807, 2.05) is 18.9 Å². The zero-order chi connectivity index (χ0) is 12.3. The van der Waals surface area contributed by atoms with Gasteiger partial charge in [-0.15, -0.1) is 0 Å². The average molecular weight is 241 g/mol. The summed E-state index contributed by atoms with van der Waals surface area (Å²) in [5.41, 5.74) is 5.44. The van der Waals surface area contributed by atoms with Gasteiger partial charge in [0.15, 0.2) is 0 Å². The third kappa shape index (κ3) is 3.16. The maximum Gasteiger partial charge on any atom is 0.204 e. The molecule has 16 heavy (non-hydrogen) atoms. The van der Waals surface area contributed by atoms with Gasteiger partial charge >= 0.3 is 0 Å². The molecule has 0 aliphatic rings. The van der Waals surface area contributed by atoms with Crippen LogP contribution in [0, 0.1) is 11.3 Å². The fourth-order valence-electron chi connectivity index (χ4n) is 1.20. The predicted molar refractivity (Wildman–Crippen MR) is 68.3 cm³/mol. The molecule has 0 saturated carbocycles. The summed E-state index contributed by atoms with van der Waals surface area (Å²) in [6, 6.07) is 0. The van der Waals surface area contributed by atoms with Crippen LogP contribution < -0.4 is 10.6 Å². The molecule has 1 atom stereocenters. The highest BCUT2D eigenvalue weighted by atomic mass is 32.1. The highest BCUT2D eigenvalue weighted by molar-refractivity contribution is 7.09. The van der Waals surface area contributed by atoms with Crippen molar-refractivity contribution < 1.29 is 0 Å². The summed E-state index contributed by atoms with van der Waals surface area (Å²) in [4.78, 5) is 6.44. The summed E-state index contributed by atoms with van der Waals surface area (Å²) < 4.78 is 4.29. The Labute approximate surface area is 100 Å². The number of amidine groups is 1. The van der Waals surface area contributed by atoms with Gasteiger partial charge in [0.05, 0.1) is 5.84 Å². The van der Waals surface area contributed by atoms with Crippen LogP contribution in [-0.2, 0) is 0 Å². The van der Waals surface area contributed by atoms with Crippen molar-refractivity contribution in [2.75, 3.05) is 18.5 Å². The molecule has 1 aromatic heterocycles. The fourth-order valence-corrected chi connectivity index (χ4v) is 1.98. The van der Waals surface area contributed by atoms with Gasteiger partial charge in [-0.2, -0.15) is 4.37 Å². The lowest BCUT2D eigenvalue weighted by molar-refractivity contribution is 0.722. The van der Waals surface area contributed by atoms with E-state index in [2.05, 4.69) is 23.2 Å². The predicted octanol–water partition coefficient (Wildman–Crippen LogP) is 1.67. The smallest absolute Gasteiger partial charge is 0.204 e. The minimum atomic E-state index is 0.0383. The SMILES string of the molecule is CC(CN(C)c1nc(C(C)C)ns1)C(=N)N. The molecule has 1 unspecified atom stereocenters. The minimum absolute atomic E-state index is 0.0383. The maximum absolute atomic E-state index is 7.35. The van der Waals surface area contributed by atoms with E-state index >= 15 is 0 Å². The van der Waals surface area contributed by atoms with Crippen molar-refractivity contribution in [2.24, 2.45) is 11.7 Å². The van der Waals surface area contributed by atoms with Gasteiger partial charge in [0.1, 0.15) is 5.82 Å². The highest BCUT2D eigenvalue weighted by Gasteiger charge is 2.14. The second-order valence-corrected chi connectivity index (χ2v) is 5.06. The molecule has 0 bridgehead atoms. The number of hydrogen-bond acceptors (Lipinski definition) is 5. The number of aromatic nitrogens is 2. The Morgan fingerprint density at radius 1 is 1.50 bits per heavy atom. The molecular weight excluding hydrogens is 222 g/mol. The van der Waals surface area contributed by atoms with E-state index in [4.69, 9.17) is 11.1 Å². The summed E-state index contributed by atoms with van der Waals surface area (Å²) >= 11 is 1.39. The number of hydrogen-bond donors (Lipinski definition) is 2. The zero-order valence-electron chi connectivity index (χ0n) is 10.2. The van der Waals surface area contributed by atoms with Gasteiger partial charge in [-0.3, -0.25) is 5.41 Å². The number of nitrogens with zero attached hydrogens (tertiary/aromatic N) is 3. The normalized spacial score (nSPS) is 12.8. The topological polar surface area (TPSA) is 78.9 Å². The van der Waals surface area contributed by atoms with Gasteiger partial charge in [0.25, 0.3) is 0 Å². The van der Waals surface area contributed by atoms with Crippen molar-refractivity contribution in [1.29, 1.82) is 5.41 Å². The van der Waals surface area contributed by atoms with Crippen LogP contribution in [0.4, 0.5) is 5.13 Å². The van der Waals surface area contributed by atoms with Crippen molar-refractivity contribution in [2.45, 2.75) is 26.7 Å². The Morgan fingerprint density at radius 2 is 2.12 bits per heavy atom. The first-order valence-electron chi connectivity index (χ1n) is 5.30. The number of anilines is 1. The third-order valence-electron chi connectivity index (χ3n) is 2.35. The molecule has 0 amide bonds. The van der Waals surface area contributed by atoms with Crippen molar-refractivity contribution in [1.82, 2.24) is 9.36 Å². The Morgan fingerprint density at radius 3 is 2.56 bits per heavy atom. The number of rotatable bonds is 5. The summed E-state index contributed by atoms with van der Waals surface area (Å²) in [6.07, 6.45) is 0. The molecule has 6 heteroatoms. The molecule has 0 fully saturated rings. The van der Waals surface area contributed by atoms with Crippen LogP contribution in [0.5, 0.6) is 0 Å². The lowest BCUT2D eigenvalue weighted by Gasteiger charge is -2.19. The van der Waals surface area contributed by atoms with E-state index < -0.39 is 0 Å². The van der Waals surface area contributed by atoms with Crippen LogP contribution in [0.25, 0.3) is 0 Å². The van der Waals surface area contributed by atoms with Gasteiger partial charge in [-0.05, 0) is 0 Å². The molecule has 0 radical (unpaired) electrons. The van der Waals surface area contributed by atoms with Gasteiger partial charge in [-0.1, -0.05) is 20.8 Å². The van der Waals surface area contributed by atoms with E-state index in [0.29, 0.717) is 12.5 Å². The number of nitrogens with one attached hydrogen (secondary N) is 1. The largest absolute Gasteiger partial charge is 0.387 e. The zero-order valence-corrected chi connectivity index (χ0v) is 11.0. The Balaban J connectivity index is 2.65. The second-order valence-electron chi connectivity index (χ2n) is 4.33. The quantitative estimate of drug-likeness (QED) is 0.607. The molecule has 1 heterocycles. The first-order valence-corrected chi connectivity index (χ1v) is 6.07. The van der Waals surface area contributed by atoms with Crippen LogP contribution >= 0.6 is 11.5 Å². The maximum atomic E-state index is 7.35. The van der Waals surface area contributed by atoms with Crippen LogP contribution in [0.1, 0.15) is 32.5 Å². The Kier molecular flexibility index (Phi) is 4.23. The third-order valence-corrected chi connectivity index (χ3v) is 3.20. The lowest BCUT2D eigenvalue weighted by atomic mass is 10.1. The van der Waals surface area contributed by atoms with Gasteiger partial charge in [-0.25, -0.2) is 4.98 Å². The second kappa shape index (κ2) is 5.25. The molecule has 1 rings (SSSR count). The van der Waals surface area contributed by atoms with E-state index in [9.17, 15) is 0 Å². The van der Waals surface area contributed by atoms with Crippen LogP contribution in [0.3, 0.4) is 0 Å². The summed E-state index contributed by atoms with van der Waals surface area (Å²) in [5, 5.41) is 8.23. The van der Waals surface area contributed by atoms with Crippen LogP contribution in [0.2, 0.25) is 0 Å². The van der Waals surface area contributed by atoms with Gasteiger partial charge < -0.3 is 10.6 Å². The molecule has 90 valence electrons. The summed E-state index contributed by atoms with van der Waals surface area (Å²) in [6.45, 7) is 6.78. The summed E-state index contributed by atoms with van der Waals surface area (Å²) in [7, 11) is 1.95. The monoisotopic (exact) mass is 241 g/mol. The van der Waals surface area contributed by atoms with Crippen molar-refractivity contribution in [3.8, 4) is 0 Å². The first kappa shape index (κ1) is 12.9. The first-order chi connectivity index (χ1) is 7.41. The van der Waals surface area contributed by atoms with Crippen molar-refractivity contribution in [3.05, 3.63) is 5.82 Å². The van der Waals surface area contributed by atoms with E-state index in [-0.39, 0.29) is 11.8 Å². The van der Waals surface area contributed by atoms with E-state index in [1.165, 1.54) is 11.5 Å². The van der Waals surface area contributed by atoms with Gasteiger partial charge in [0.2, 0.25) is 5.13 Å². The minimum Gasteiger partial charge on any atom is -0.387 e. The standard InChI is InChI=1S/C10H19N5S/c1-6(2)9-13-10(16-14-9)15(4)5-7(3)8(11)12/h6-7H,5H2,1-4H3,(H3,11,12). The highest BCUT2D eigenvalue weighted by Crippen LogP contribution is 2.20. The van der Waals surface area contributed by atoms with E-state index in [1.54, 1.807) is 0 Å². The van der Waals surface area contributed by atoms with Crippen LogP contribution in [-0.4, -0.2) is 28.8 Å². The fraction of sp³-hybridized carbons (Fsp3) is 0.700. The number of nitrogens with two attached hydrogens (primary N) is 1. The van der Waals surface area contributed by atoms with Gasteiger partial charge in [0, 0.05) is 37.0 Å². The molecule has 1 aromatic rings. The van der Waals surface area contributed by atoms with Crippen LogP contribution in [0.15, 0.2) is 0 Å². The average Bonchev–Trinajstić information content (AvgIpc) is 2.65. The molecule has 0 aliphatic heterocycles. The molecule has 3 N–H and O–H groups in total. The Bertz CT molecular complexity index is 360. The van der Waals surface area contributed by atoms with Crippen molar-refractivity contribution >= 4 is 22.5 Å². The van der Waals surface area contributed by atoms with Crippen molar-refractivity contribution in [3.63, 3.8) is 0 Å². The Hall–Kier alpha value is -1.17. The molecule has 0 spiro atoms. The molecule has 0 aliphatic carbocycles. The van der Waals surface area contributed by atoms with E-state index in [0.717, 1.165) is 11.0 Å². The molecule has 5 nitrogen and oxygen atoms in total. The molecule has 0 aromatic carbocycles. The lowest BCUT2D eigenvalue weighted by Crippen LogP contribution is -2.31. The molecule has 0 saturated heterocycles.